The van der Waals surface area contributed by atoms with Gasteiger partial charge in [0.05, 0.1) is 31.9 Å². The van der Waals surface area contributed by atoms with Crippen LogP contribution in [0.25, 0.3) is 11.1 Å². The molecule has 40 heavy (non-hydrogen) atoms. The van der Waals surface area contributed by atoms with Crippen molar-refractivity contribution in [2.75, 3.05) is 62.7 Å². The zero-order valence-corrected chi connectivity index (χ0v) is 22.6. The number of urea groups is 1. The van der Waals surface area contributed by atoms with Gasteiger partial charge >= 0.3 is 12.2 Å². The molecule has 0 bridgehead atoms. The number of alkyl halides is 3. The minimum Gasteiger partial charge on any atom is -0.386 e. The number of β-amino-alcohol motifs (C(OH)–C–C–N with tert-alkyl or cyclic N) is 1. The minimum absolute atomic E-state index is 0.0617. The molecule has 0 spiro atoms. The third-order valence-electron chi connectivity index (χ3n) is 7.61. The Morgan fingerprint density at radius 3 is 2.52 bits per heavy atom. The molecule has 0 radical (unpaired) electrons. The van der Waals surface area contributed by atoms with E-state index in [1.54, 1.807) is 30.0 Å². The summed E-state index contributed by atoms with van der Waals surface area (Å²) in [6.07, 6.45) is -4.83. The number of halogens is 3. The fourth-order valence-electron chi connectivity index (χ4n) is 5.54. The van der Waals surface area contributed by atoms with Crippen LogP contribution in [0.15, 0.2) is 30.3 Å². The molecule has 3 fully saturated rings. The van der Waals surface area contributed by atoms with Crippen molar-refractivity contribution in [1.82, 2.24) is 14.8 Å². The number of anilines is 2. The molecule has 216 valence electrons. The summed E-state index contributed by atoms with van der Waals surface area (Å²) >= 11 is 0. The molecule has 1 aromatic carbocycles. The van der Waals surface area contributed by atoms with Crippen molar-refractivity contribution < 1.29 is 32.6 Å². The smallest absolute Gasteiger partial charge is 0.386 e. The first kappa shape index (κ1) is 28.2. The van der Waals surface area contributed by atoms with Gasteiger partial charge in [-0.1, -0.05) is 6.07 Å². The number of pyridine rings is 1. The average molecular weight is 562 g/mol. The summed E-state index contributed by atoms with van der Waals surface area (Å²) in [6.45, 7) is 6.74. The largest absolute Gasteiger partial charge is 0.389 e. The summed E-state index contributed by atoms with van der Waals surface area (Å²) in [6, 6.07) is 8.59. The van der Waals surface area contributed by atoms with Gasteiger partial charge < -0.3 is 29.9 Å². The predicted octanol–water partition coefficient (Wildman–Crippen LogP) is 3.91. The second-order valence-corrected chi connectivity index (χ2v) is 11.2. The van der Waals surface area contributed by atoms with Gasteiger partial charge in [0.1, 0.15) is 11.5 Å². The van der Waals surface area contributed by atoms with Crippen molar-refractivity contribution in [2.24, 2.45) is 5.92 Å². The van der Waals surface area contributed by atoms with E-state index >= 15 is 0 Å². The topological polar surface area (TPSA) is 98.2 Å². The van der Waals surface area contributed by atoms with Crippen molar-refractivity contribution in [2.45, 2.75) is 38.5 Å². The van der Waals surface area contributed by atoms with E-state index in [2.05, 4.69) is 15.2 Å². The number of morpholine rings is 1. The Kier molecular flexibility index (Phi) is 7.66. The van der Waals surface area contributed by atoms with E-state index in [-0.39, 0.29) is 37.8 Å². The maximum absolute atomic E-state index is 13.3. The molecule has 0 saturated carbocycles. The summed E-state index contributed by atoms with van der Waals surface area (Å²) in [5.41, 5.74) is 2.29. The number of rotatable bonds is 5. The molecule has 2 N–H and O–H groups in total. The van der Waals surface area contributed by atoms with Crippen LogP contribution in [0.5, 0.6) is 0 Å². The number of aryl methyl sites for hydroxylation is 1. The van der Waals surface area contributed by atoms with E-state index in [1.165, 1.54) is 4.90 Å². The molecule has 2 aromatic rings. The summed E-state index contributed by atoms with van der Waals surface area (Å²) < 4.78 is 43.8. The molecule has 3 saturated heterocycles. The van der Waals surface area contributed by atoms with Crippen LogP contribution in [-0.2, 0) is 4.74 Å². The number of carbonyl (C=O) groups excluding carboxylic acids is 2. The van der Waals surface area contributed by atoms with Gasteiger partial charge in [-0.15, -0.1) is 0 Å². The van der Waals surface area contributed by atoms with E-state index in [9.17, 15) is 27.9 Å². The summed E-state index contributed by atoms with van der Waals surface area (Å²) in [5, 5.41) is 13.0. The number of ether oxygens (including phenoxy) is 1. The average Bonchev–Trinajstić information content (AvgIpc) is 3.35. The molecule has 4 heterocycles. The molecule has 3 aliphatic rings. The van der Waals surface area contributed by atoms with Crippen LogP contribution < -0.4 is 10.2 Å². The number of aromatic nitrogens is 1. The number of benzene rings is 1. The summed E-state index contributed by atoms with van der Waals surface area (Å²) in [5.74, 6) is -0.230. The molecule has 1 aromatic heterocycles. The SMILES string of the molecule is Cc1ccc(NC(=O)N2CCC(CC(F)(F)F)C2)cc1-c1cc(C(=O)N2CC(C)(O)C2)nc(N2CCOCC2)c1. The van der Waals surface area contributed by atoms with Crippen molar-refractivity contribution in [3.63, 3.8) is 0 Å². The van der Waals surface area contributed by atoms with Gasteiger partial charge in [-0.05, 0) is 67.1 Å². The second kappa shape index (κ2) is 10.9. The number of hydrogen-bond acceptors (Lipinski definition) is 6. The quantitative estimate of drug-likeness (QED) is 0.575. The van der Waals surface area contributed by atoms with Crippen molar-refractivity contribution in [3.8, 4) is 11.1 Å². The standard InChI is InChI=1S/C28H34F3N5O4/c1-18-3-4-21(32-26(38)35-6-5-19(15-35)14-28(29,30)31)13-22(18)20-11-23(25(37)36-16-27(2,39)17-36)33-24(12-20)34-7-9-40-10-8-34/h3-4,11-13,19,39H,5-10,14-17H2,1-2H3,(H,32,38). The number of aliphatic hydroxyl groups is 1. The van der Waals surface area contributed by atoms with Crippen LogP contribution in [0.4, 0.5) is 29.5 Å². The fourth-order valence-corrected chi connectivity index (χ4v) is 5.54. The summed E-state index contributed by atoms with van der Waals surface area (Å²) in [4.78, 5) is 35.8. The lowest BCUT2D eigenvalue weighted by molar-refractivity contribution is -0.143. The van der Waals surface area contributed by atoms with E-state index < -0.39 is 30.1 Å². The maximum Gasteiger partial charge on any atom is 0.389 e. The van der Waals surface area contributed by atoms with Gasteiger partial charge in [-0.25, -0.2) is 9.78 Å². The Balaban J connectivity index is 1.39. The van der Waals surface area contributed by atoms with Crippen molar-refractivity contribution in [1.29, 1.82) is 0 Å². The van der Waals surface area contributed by atoms with E-state index in [0.29, 0.717) is 44.2 Å². The van der Waals surface area contributed by atoms with Crippen LogP contribution in [0, 0.1) is 12.8 Å². The minimum atomic E-state index is -4.25. The number of nitrogens with one attached hydrogen (secondary N) is 1. The molecule has 0 aliphatic carbocycles. The highest BCUT2D eigenvalue weighted by Crippen LogP contribution is 2.33. The number of amides is 3. The van der Waals surface area contributed by atoms with E-state index in [1.807, 2.05) is 19.1 Å². The van der Waals surface area contributed by atoms with Crippen LogP contribution in [-0.4, -0.2) is 96.1 Å². The Morgan fingerprint density at radius 2 is 1.85 bits per heavy atom. The number of nitrogens with zero attached hydrogens (tertiary/aromatic N) is 4. The monoisotopic (exact) mass is 561 g/mol. The normalized spacial score (nSPS) is 20.9. The molecule has 1 unspecified atom stereocenters. The predicted molar refractivity (Wildman–Crippen MR) is 143 cm³/mol. The lowest BCUT2D eigenvalue weighted by Gasteiger charge is -2.44. The lowest BCUT2D eigenvalue weighted by Crippen LogP contribution is -2.61. The fraction of sp³-hybridized carbons (Fsp3) is 0.536. The highest BCUT2D eigenvalue weighted by atomic mass is 19.4. The van der Waals surface area contributed by atoms with Gasteiger partial charge in [0, 0.05) is 38.3 Å². The molecule has 9 nitrogen and oxygen atoms in total. The van der Waals surface area contributed by atoms with Gasteiger partial charge in [0.15, 0.2) is 0 Å². The molecule has 5 rings (SSSR count). The number of hydrogen-bond donors (Lipinski definition) is 2. The van der Waals surface area contributed by atoms with E-state index in [0.717, 1.165) is 16.7 Å². The highest BCUT2D eigenvalue weighted by Gasteiger charge is 2.40. The second-order valence-electron chi connectivity index (χ2n) is 11.2. The summed E-state index contributed by atoms with van der Waals surface area (Å²) in [7, 11) is 0. The molecule has 3 amide bonds. The first-order valence-corrected chi connectivity index (χ1v) is 13.5. The third kappa shape index (κ3) is 6.49. The zero-order valence-electron chi connectivity index (χ0n) is 22.6. The molecular weight excluding hydrogens is 527 g/mol. The Morgan fingerprint density at radius 1 is 1.12 bits per heavy atom. The number of carbonyl (C=O) groups is 2. The van der Waals surface area contributed by atoms with Gasteiger partial charge in [0.25, 0.3) is 5.91 Å². The van der Waals surface area contributed by atoms with Gasteiger partial charge in [-0.3, -0.25) is 4.79 Å². The Bertz CT molecular complexity index is 1270. The van der Waals surface area contributed by atoms with Crippen LogP contribution in [0.2, 0.25) is 0 Å². The Labute approximate surface area is 230 Å². The zero-order chi connectivity index (χ0) is 28.7. The Hall–Kier alpha value is -3.38. The van der Waals surface area contributed by atoms with Crippen molar-refractivity contribution in [3.05, 3.63) is 41.6 Å². The lowest BCUT2D eigenvalue weighted by atomic mass is 9.95. The third-order valence-corrected chi connectivity index (χ3v) is 7.61. The first-order valence-electron chi connectivity index (χ1n) is 13.5. The molecule has 1 atom stereocenters. The van der Waals surface area contributed by atoms with Gasteiger partial charge in [0.2, 0.25) is 0 Å². The van der Waals surface area contributed by atoms with Crippen molar-refractivity contribution >= 4 is 23.4 Å². The molecule has 12 heteroatoms. The van der Waals surface area contributed by atoms with Crippen LogP contribution in [0.3, 0.4) is 0 Å². The van der Waals surface area contributed by atoms with Crippen LogP contribution in [0.1, 0.15) is 35.8 Å². The number of likely N-dealkylation sites (tertiary alicyclic amines) is 2. The first-order chi connectivity index (χ1) is 18.9. The highest BCUT2D eigenvalue weighted by molar-refractivity contribution is 5.95. The molecular formula is C28H34F3N5O4. The van der Waals surface area contributed by atoms with Crippen LogP contribution >= 0.6 is 0 Å². The maximum atomic E-state index is 13.3. The molecule has 3 aliphatic heterocycles. The van der Waals surface area contributed by atoms with E-state index in [4.69, 9.17) is 4.74 Å². The van der Waals surface area contributed by atoms with Gasteiger partial charge in [-0.2, -0.15) is 13.2 Å².